The van der Waals surface area contributed by atoms with E-state index in [1.165, 1.54) is 16.7 Å². The minimum Gasteiger partial charge on any atom is -0.380 e. The van der Waals surface area contributed by atoms with Crippen molar-refractivity contribution in [2.24, 2.45) is 0 Å². The number of hydrogen-bond acceptors (Lipinski definition) is 2. The van der Waals surface area contributed by atoms with Crippen molar-refractivity contribution in [2.75, 3.05) is 13.7 Å². The van der Waals surface area contributed by atoms with Crippen LogP contribution >= 0.6 is 0 Å². The Balaban J connectivity index is 1.78. The molecule has 0 bridgehead atoms. The number of benzene rings is 2. The maximum atomic E-state index is 5.11. The number of hydrogen-bond donors (Lipinski definition) is 1. The highest BCUT2D eigenvalue weighted by Gasteiger charge is 2.03. The highest BCUT2D eigenvalue weighted by molar-refractivity contribution is 5.22. The number of methoxy groups -OCH3 is 1. The molecule has 106 valence electrons. The predicted molar refractivity (Wildman–Crippen MR) is 83.7 cm³/mol. The zero-order chi connectivity index (χ0) is 14.2. The fourth-order valence-corrected chi connectivity index (χ4v) is 2.25. The third-order valence-electron chi connectivity index (χ3n) is 3.48. The molecule has 0 fully saturated rings. The van der Waals surface area contributed by atoms with E-state index in [4.69, 9.17) is 4.74 Å². The summed E-state index contributed by atoms with van der Waals surface area (Å²) in [5.74, 6) is 0.531. The second-order valence-electron chi connectivity index (χ2n) is 5.19. The van der Waals surface area contributed by atoms with Crippen molar-refractivity contribution >= 4 is 0 Å². The van der Waals surface area contributed by atoms with Gasteiger partial charge in [0.1, 0.15) is 0 Å². The van der Waals surface area contributed by atoms with E-state index >= 15 is 0 Å². The molecule has 0 amide bonds. The van der Waals surface area contributed by atoms with Crippen LogP contribution in [0.5, 0.6) is 0 Å². The van der Waals surface area contributed by atoms with Crippen LogP contribution in [0.1, 0.15) is 29.5 Å². The Bertz CT molecular complexity index is 493. The summed E-state index contributed by atoms with van der Waals surface area (Å²) in [6.07, 6.45) is 0. The van der Waals surface area contributed by atoms with Crippen LogP contribution in [0.15, 0.2) is 54.6 Å². The quantitative estimate of drug-likeness (QED) is 0.827. The summed E-state index contributed by atoms with van der Waals surface area (Å²) >= 11 is 0. The molecule has 20 heavy (non-hydrogen) atoms. The first kappa shape index (κ1) is 14.8. The molecule has 0 aliphatic carbocycles. The van der Waals surface area contributed by atoms with Crippen LogP contribution < -0.4 is 5.32 Å². The van der Waals surface area contributed by atoms with Crippen molar-refractivity contribution in [3.05, 3.63) is 71.3 Å². The van der Waals surface area contributed by atoms with Gasteiger partial charge in [-0.25, -0.2) is 0 Å². The van der Waals surface area contributed by atoms with E-state index in [1.807, 2.05) is 0 Å². The Labute approximate surface area is 121 Å². The molecule has 0 aromatic heterocycles. The lowest BCUT2D eigenvalue weighted by Gasteiger charge is -2.13. The molecule has 0 aliphatic heterocycles. The summed E-state index contributed by atoms with van der Waals surface area (Å²) < 4.78 is 5.11. The molecule has 0 aliphatic rings. The minimum atomic E-state index is 0.531. The topological polar surface area (TPSA) is 21.3 Å². The summed E-state index contributed by atoms with van der Waals surface area (Å²) in [6, 6.07) is 19.2. The average molecular weight is 269 g/mol. The summed E-state index contributed by atoms with van der Waals surface area (Å²) in [5.41, 5.74) is 3.91. The van der Waals surface area contributed by atoms with E-state index < -0.39 is 0 Å². The number of rotatable bonds is 7. The van der Waals surface area contributed by atoms with Gasteiger partial charge in [-0.15, -0.1) is 0 Å². The molecule has 1 N–H and O–H groups in total. The first-order valence-corrected chi connectivity index (χ1v) is 7.12. The fraction of sp³-hybridized carbons (Fsp3) is 0.333. The van der Waals surface area contributed by atoms with Crippen LogP contribution in [-0.4, -0.2) is 13.7 Å². The lowest BCUT2D eigenvalue weighted by molar-refractivity contribution is 0.185. The molecule has 0 heterocycles. The molecular formula is C18H23NO. The third-order valence-corrected chi connectivity index (χ3v) is 3.48. The van der Waals surface area contributed by atoms with Crippen molar-refractivity contribution < 1.29 is 4.74 Å². The fourth-order valence-electron chi connectivity index (χ4n) is 2.25. The SMILES string of the molecule is COCc1ccc(CNCC(C)c2ccccc2)cc1. The van der Waals surface area contributed by atoms with Crippen LogP contribution in [0, 0.1) is 0 Å². The molecule has 2 aromatic carbocycles. The van der Waals surface area contributed by atoms with Gasteiger partial charge in [-0.05, 0) is 22.6 Å². The molecule has 0 spiro atoms. The Hall–Kier alpha value is -1.64. The predicted octanol–water partition coefficient (Wildman–Crippen LogP) is 3.73. The smallest absolute Gasteiger partial charge is 0.0713 e. The summed E-state index contributed by atoms with van der Waals surface area (Å²) in [4.78, 5) is 0. The van der Waals surface area contributed by atoms with Gasteiger partial charge in [-0.3, -0.25) is 0 Å². The highest BCUT2D eigenvalue weighted by atomic mass is 16.5. The average Bonchev–Trinajstić information content (AvgIpc) is 2.50. The minimum absolute atomic E-state index is 0.531. The Morgan fingerprint density at radius 2 is 1.60 bits per heavy atom. The van der Waals surface area contributed by atoms with Crippen molar-refractivity contribution in [3.63, 3.8) is 0 Å². The molecule has 1 unspecified atom stereocenters. The van der Waals surface area contributed by atoms with Crippen molar-refractivity contribution in [2.45, 2.75) is 26.0 Å². The monoisotopic (exact) mass is 269 g/mol. The molecule has 2 rings (SSSR count). The maximum absolute atomic E-state index is 5.11. The second-order valence-corrected chi connectivity index (χ2v) is 5.19. The second kappa shape index (κ2) is 7.83. The molecule has 2 aromatic rings. The molecule has 2 nitrogen and oxygen atoms in total. The zero-order valence-electron chi connectivity index (χ0n) is 12.3. The Morgan fingerprint density at radius 1 is 0.950 bits per heavy atom. The van der Waals surface area contributed by atoms with Crippen LogP contribution in [-0.2, 0) is 17.9 Å². The van der Waals surface area contributed by atoms with Crippen LogP contribution in [0.2, 0.25) is 0 Å². The standard InChI is InChI=1S/C18H23NO/c1-15(18-6-4-3-5-7-18)12-19-13-16-8-10-17(11-9-16)14-20-2/h3-11,15,19H,12-14H2,1-2H3. The summed E-state index contributed by atoms with van der Waals surface area (Å²) in [7, 11) is 1.72. The summed E-state index contributed by atoms with van der Waals surface area (Å²) in [5, 5.41) is 3.52. The third kappa shape index (κ3) is 4.48. The van der Waals surface area contributed by atoms with Gasteiger partial charge in [0.05, 0.1) is 6.61 Å². The van der Waals surface area contributed by atoms with Crippen LogP contribution in [0.3, 0.4) is 0 Å². The van der Waals surface area contributed by atoms with Gasteiger partial charge in [0.25, 0.3) is 0 Å². The van der Waals surface area contributed by atoms with Gasteiger partial charge in [0.2, 0.25) is 0 Å². The Kier molecular flexibility index (Phi) is 5.78. The maximum Gasteiger partial charge on any atom is 0.0713 e. The van der Waals surface area contributed by atoms with Gasteiger partial charge >= 0.3 is 0 Å². The van der Waals surface area contributed by atoms with Crippen molar-refractivity contribution in [3.8, 4) is 0 Å². The van der Waals surface area contributed by atoms with E-state index in [0.717, 1.165) is 13.1 Å². The van der Waals surface area contributed by atoms with Crippen LogP contribution in [0.25, 0.3) is 0 Å². The molecule has 0 saturated heterocycles. The number of ether oxygens (including phenoxy) is 1. The van der Waals surface area contributed by atoms with Gasteiger partial charge < -0.3 is 10.1 Å². The van der Waals surface area contributed by atoms with E-state index in [0.29, 0.717) is 12.5 Å². The molecule has 2 heteroatoms. The normalized spacial score (nSPS) is 12.3. The lowest BCUT2D eigenvalue weighted by Crippen LogP contribution is -2.19. The number of nitrogens with one attached hydrogen (secondary N) is 1. The first-order chi connectivity index (χ1) is 9.79. The van der Waals surface area contributed by atoms with Gasteiger partial charge in [0.15, 0.2) is 0 Å². The highest BCUT2D eigenvalue weighted by Crippen LogP contribution is 2.13. The van der Waals surface area contributed by atoms with Gasteiger partial charge in [-0.2, -0.15) is 0 Å². The van der Waals surface area contributed by atoms with E-state index in [-0.39, 0.29) is 0 Å². The van der Waals surface area contributed by atoms with Gasteiger partial charge in [0, 0.05) is 20.2 Å². The molecule has 0 radical (unpaired) electrons. The zero-order valence-corrected chi connectivity index (χ0v) is 12.3. The molecule has 0 saturated carbocycles. The molecular weight excluding hydrogens is 246 g/mol. The van der Waals surface area contributed by atoms with Crippen molar-refractivity contribution in [1.29, 1.82) is 0 Å². The van der Waals surface area contributed by atoms with Crippen molar-refractivity contribution in [1.82, 2.24) is 5.32 Å². The van der Waals surface area contributed by atoms with E-state index in [1.54, 1.807) is 7.11 Å². The largest absolute Gasteiger partial charge is 0.380 e. The van der Waals surface area contributed by atoms with Crippen LogP contribution in [0.4, 0.5) is 0 Å². The first-order valence-electron chi connectivity index (χ1n) is 7.12. The van der Waals surface area contributed by atoms with E-state index in [9.17, 15) is 0 Å². The summed E-state index contributed by atoms with van der Waals surface area (Å²) in [6.45, 7) is 4.83. The molecule has 1 atom stereocenters. The van der Waals surface area contributed by atoms with Gasteiger partial charge in [-0.1, -0.05) is 61.5 Å². The van der Waals surface area contributed by atoms with E-state index in [2.05, 4.69) is 66.8 Å². The Morgan fingerprint density at radius 3 is 2.25 bits per heavy atom. The lowest BCUT2D eigenvalue weighted by atomic mass is 10.0.